The maximum atomic E-state index is 11.7. The molecule has 84 valence electrons. The summed E-state index contributed by atoms with van der Waals surface area (Å²) in [4.78, 5) is 0. The van der Waals surface area contributed by atoms with Gasteiger partial charge in [-0.2, -0.15) is 0 Å². The fourth-order valence-electron chi connectivity index (χ4n) is 2.02. The Labute approximate surface area is 86.1 Å². The molecule has 1 fully saturated rings. The van der Waals surface area contributed by atoms with Crippen LogP contribution < -0.4 is 4.72 Å². The molecule has 5 heteroatoms. The van der Waals surface area contributed by atoms with Crippen LogP contribution in [0, 0.1) is 0 Å². The zero-order chi connectivity index (χ0) is 10.6. The lowest BCUT2D eigenvalue weighted by Crippen LogP contribution is -2.40. The van der Waals surface area contributed by atoms with Gasteiger partial charge in [-0.3, -0.25) is 0 Å². The smallest absolute Gasteiger partial charge is 0.216 e. The average Bonchev–Trinajstić information content (AvgIpc) is 2.42. The Morgan fingerprint density at radius 1 is 1.21 bits per heavy atom. The van der Waals surface area contributed by atoms with Crippen LogP contribution in [0.3, 0.4) is 0 Å². The highest BCUT2D eigenvalue weighted by Gasteiger charge is 2.33. The molecule has 0 aromatic carbocycles. The number of sulfonamides is 1. The van der Waals surface area contributed by atoms with Gasteiger partial charge < -0.3 is 4.74 Å². The highest BCUT2D eigenvalue weighted by Crippen LogP contribution is 2.24. The third-order valence-electron chi connectivity index (χ3n) is 2.88. The van der Waals surface area contributed by atoms with E-state index in [1.54, 1.807) is 7.11 Å². The first-order chi connectivity index (χ1) is 6.61. The summed E-state index contributed by atoms with van der Waals surface area (Å²) in [6, 6.07) is 0. The zero-order valence-electron chi connectivity index (χ0n) is 8.82. The Morgan fingerprint density at radius 3 is 2.43 bits per heavy atom. The molecule has 0 bridgehead atoms. The maximum Gasteiger partial charge on any atom is 0.216 e. The average molecular weight is 221 g/mol. The van der Waals surface area contributed by atoms with E-state index in [1.165, 1.54) is 7.05 Å². The maximum absolute atomic E-state index is 11.7. The van der Waals surface area contributed by atoms with Crippen molar-refractivity contribution >= 4 is 10.0 Å². The molecule has 1 N–H and O–H groups in total. The monoisotopic (exact) mass is 221 g/mol. The summed E-state index contributed by atoms with van der Waals surface area (Å²) >= 11 is 0. The Bertz CT molecular complexity index is 263. The van der Waals surface area contributed by atoms with Crippen LogP contribution in [0.15, 0.2) is 0 Å². The number of methoxy groups -OCH3 is 1. The van der Waals surface area contributed by atoms with Crippen LogP contribution >= 0.6 is 0 Å². The minimum absolute atomic E-state index is 0.144. The third kappa shape index (κ3) is 2.68. The summed E-state index contributed by atoms with van der Waals surface area (Å²) in [6.07, 6.45) is 4.56. The van der Waals surface area contributed by atoms with Crippen LogP contribution in [-0.2, 0) is 14.8 Å². The molecule has 0 heterocycles. The van der Waals surface area contributed by atoms with Gasteiger partial charge in [-0.25, -0.2) is 13.1 Å². The van der Waals surface area contributed by atoms with Crippen LogP contribution in [0.25, 0.3) is 0 Å². The summed E-state index contributed by atoms with van der Waals surface area (Å²) in [6.45, 7) is 0. The van der Waals surface area contributed by atoms with E-state index in [2.05, 4.69) is 4.72 Å². The Balaban J connectivity index is 2.80. The summed E-state index contributed by atoms with van der Waals surface area (Å²) in [7, 11) is -0.124. The van der Waals surface area contributed by atoms with Gasteiger partial charge in [-0.1, -0.05) is 19.3 Å². The molecule has 1 aliphatic carbocycles. The van der Waals surface area contributed by atoms with Gasteiger partial charge in [-0.05, 0) is 19.9 Å². The highest BCUT2D eigenvalue weighted by molar-refractivity contribution is 7.90. The SMILES string of the molecule is CNS(=O)(=O)[C@H]1CCCCC[C@H]1OC. The van der Waals surface area contributed by atoms with E-state index in [0.717, 1.165) is 25.7 Å². The van der Waals surface area contributed by atoms with E-state index >= 15 is 0 Å². The topological polar surface area (TPSA) is 55.4 Å². The molecule has 0 amide bonds. The van der Waals surface area contributed by atoms with Gasteiger partial charge in [0.2, 0.25) is 10.0 Å². The lowest BCUT2D eigenvalue weighted by Gasteiger charge is -2.23. The predicted molar refractivity (Wildman–Crippen MR) is 55.6 cm³/mol. The van der Waals surface area contributed by atoms with E-state index in [9.17, 15) is 8.42 Å². The summed E-state index contributed by atoms with van der Waals surface area (Å²) in [5.41, 5.74) is 0. The minimum atomic E-state index is -3.18. The normalized spacial score (nSPS) is 29.9. The first-order valence-electron chi connectivity index (χ1n) is 5.07. The fourth-order valence-corrected chi connectivity index (χ4v) is 3.44. The van der Waals surface area contributed by atoms with Crippen LogP contribution in [0.2, 0.25) is 0 Å². The molecular formula is C9H19NO3S. The largest absolute Gasteiger partial charge is 0.380 e. The van der Waals surface area contributed by atoms with E-state index in [0.29, 0.717) is 6.42 Å². The van der Waals surface area contributed by atoms with Gasteiger partial charge in [0, 0.05) is 7.11 Å². The molecule has 0 aromatic rings. The van der Waals surface area contributed by atoms with Gasteiger partial charge in [0.1, 0.15) is 5.25 Å². The third-order valence-corrected chi connectivity index (χ3v) is 4.78. The second-order valence-corrected chi connectivity index (χ2v) is 5.80. The molecule has 0 aliphatic heterocycles. The minimum Gasteiger partial charge on any atom is -0.380 e. The first-order valence-corrected chi connectivity index (χ1v) is 6.61. The lowest BCUT2D eigenvalue weighted by atomic mass is 10.1. The molecule has 14 heavy (non-hydrogen) atoms. The standard InChI is InChI=1S/C9H19NO3S/c1-10-14(11,12)9-7-5-3-4-6-8(9)13-2/h8-10H,3-7H2,1-2H3/t8-,9+/m1/s1. The Morgan fingerprint density at radius 2 is 1.86 bits per heavy atom. The molecule has 0 spiro atoms. The number of hydrogen-bond donors (Lipinski definition) is 1. The number of hydrogen-bond acceptors (Lipinski definition) is 3. The van der Waals surface area contributed by atoms with Crippen LogP contribution in [0.4, 0.5) is 0 Å². The van der Waals surface area contributed by atoms with Crippen molar-refractivity contribution in [3.8, 4) is 0 Å². The van der Waals surface area contributed by atoms with E-state index < -0.39 is 10.0 Å². The number of rotatable bonds is 3. The Hall–Kier alpha value is -0.130. The lowest BCUT2D eigenvalue weighted by molar-refractivity contribution is 0.0922. The van der Waals surface area contributed by atoms with Crippen LogP contribution in [0.1, 0.15) is 32.1 Å². The quantitative estimate of drug-likeness (QED) is 0.720. The van der Waals surface area contributed by atoms with Gasteiger partial charge >= 0.3 is 0 Å². The molecule has 0 radical (unpaired) electrons. The summed E-state index contributed by atoms with van der Waals surface area (Å²) in [5, 5.41) is -0.375. The number of ether oxygens (including phenoxy) is 1. The van der Waals surface area contributed by atoms with Crippen molar-refractivity contribution < 1.29 is 13.2 Å². The van der Waals surface area contributed by atoms with Gasteiger partial charge in [0.25, 0.3) is 0 Å². The molecule has 1 rings (SSSR count). The fraction of sp³-hybridized carbons (Fsp3) is 1.00. The van der Waals surface area contributed by atoms with Gasteiger partial charge in [0.15, 0.2) is 0 Å². The van der Waals surface area contributed by atoms with Crippen LogP contribution in [-0.4, -0.2) is 33.9 Å². The van der Waals surface area contributed by atoms with Crippen molar-refractivity contribution in [3.63, 3.8) is 0 Å². The molecule has 4 nitrogen and oxygen atoms in total. The predicted octanol–water partition coefficient (Wildman–Crippen LogP) is 0.883. The zero-order valence-corrected chi connectivity index (χ0v) is 9.64. The van der Waals surface area contributed by atoms with Crippen molar-refractivity contribution in [2.45, 2.75) is 43.5 Å². The van der Waals surface area contributed by atoms with Gasteiger partial charge in [-0.15, -0.1) is 0 Å². The van der Waals surface area contributed by atoms with Crippen LogP contribution in [0.5, 0.6) is 0 Å². The van der Waals surface area contributed by atoms with Gasteiger partial charge in [0.05, 0.1) is 6.10 Å². The second kappa shape index (κ2) is 5.09. The Kier molecular flexibility index (Phi) is 4.34. The molecule has 1 saturated carbocycles. The molecule has 0 aromatic heterocycles. The van der Waals surface area contributed by atoms with Crippen molar-refractivity contribution in [1.29, 1.82) is 0 Å². The van der Waals surface area contributed by atoms with E-state index in [4.69, 9.17) is 4.74 Å². The highest BCUT2D eigenvalue weighted by atomic mass is 32.2. The molecule has 0 saturated heterocycles. The number of nitrogens with one attached hydrogen (secondary N) is 1. The molecule has 2 atom stereocenters. The van der Waals surface area contributed by atoms with Crippen molar-refractivity contribution in [2.75, 3.05) is 14.2 Å². The second-order valence-electron chi connectivity index (χ2n) is 3.70. The molecule has 0 unspecified atom stereocenters. The molecular weight excluding hydrogens is 202 g/mol. The van der Waals surface area contributed by atoms with E-state index in [1.807, 2.05) is 0 Å². The summed E-state index contributed by atoms with van der Waals surface area (Å²) in [5.74, 6) is 0. The van der Waals surface area contributed by atoms with Crippen molar-refractivity contribution in [1.82, 2.24) is 4.72 Å². The van der Waals surface area contributed by atoms with E-state index in [-0.39, 0.29) is 11.4 Å². The van der Waals surface area contributed by atoms with Crippen molar-refractivity contribution in [2.24, 2.45) is 0 Å². The summed E-state index contributed by atoms with van der Waals surface area (Å²) < 4.78 is 31.0. The van der Waals surface area contributed by atoms with Crippen molar-refractivity contribution in [3.05, 3.63) is 0 Å². The first kappa shape index (κ1) is 11.9. The molecule has 1 aliphatic rings.